The summed E-state index contributed by atoms with van der Waals surface area (Å²) >= 11 is 0. The molecule has 1 aromatic rings. The van der Waals surface area contributed by atoms with Crippen LogP contribution in [-0.2, 0) is 40.0 Å². The van der Waals surface area contributed by atoms with Crippen LogP contribution in [0, 0.1) is 0 Å². The highest BCUT2D eigenvalue weighted by molar-refractivity contribution is 8.77. The molecule has 0 radical (unpaired) electrons. The maximum Gasteiger partial charge on any atom is 0.305 e. The standard InChI is InChI=1S/C29H43N9O8S2/c1-29(2)23(24(30)43)37-25(44)17(13-22(41)42)35-21(40)14-34-26(45)19(10-7-11-33-28(31)32)38(3)27(46)18(15-47-48-29)36-20(39)12-16-8-5-4-6-9-16/h4-6,8-9,17-19,23H,7,10-15H2,1-3H3,(H2,30,43)(H,34,45)(H,35,40)(H,36,39)(H,37,44)(H,41,42)(H4,31,32,33)/t17-,18-,19-,23+/m0/s1. The number of hydrogen-bond acceptors (Lipinski definition) is 10. The Hall–Kier alpha value is -4.52. The fourth-order valence-electron chi connectivity index (χ4n) is 4.64. The van der Waals surface area contributed by atoms with Crippen molar-refractivity contribution in [1.29, 1.82) is 0 Å². The van der Waals surface area contributed by atoms with Crippen LogP contribution in [0.2, 0.25) is 0 Å². The van der Waals surface area contributed by atoms with Gasteiger partial charge in [0.15, 0.2) is 5.96 Å². The van der Waals surface area contributed by atoms with Gasteiger partial charge in [0.25, 0.3) is 0 Å². The minimum atomic E-state index is -1.61. The number of nitrogens with two attached hydrogens (primary N) is 3. The molecular weight excluding hydrogens is 667 g/mol. The molecule has 4 atom stereocenters. The zero-order valence-corrected chi connectivity index (χ0v) is 28.5. The molecule has 1 fully saturated rings. The molecule has 11 N–H and O–H groups in total. The molecule has 1 aliphatic rings. The lowest BCUT2D eigenvalue weighted by atomic mass is 10.0. The van der Waals surface area contributed by atoms with Gasteiger partial charge in [0.2, 0.25) is 35.4 Å². The molecule has 0 bridgehead atoms. The Morgan fingerprint density at radius 2 is 1.73 bits per heavy atom. The Bertz CT molecular complexity index is 1380. The summed E-state index contributed by atoms with van der Waals surface area (Å²) < 4.78 is -1.13. The Morgan fingerprint density at radius 1 is 1.06 bits per heavy atom. The molecule has 19 heteroatoms. The Kier molecular flexibility index (Phi) is 15.5. The number of aliphatic carboxylic acids is 1. The molecule has 0 aliphatic carbocycles. The first-order valence-electron chi connectivity index (χ1n) is 14.9. The number of nitrogens with zero attached hydrogens (tertiary/aromatic N) is 2. The maximum absolute atomic E-state index is 13.9. The van der Waals surface area contributed by atoms with Crippen LogP contribution in [0.4, 0.5) is 0 Å². The van der Waals surface area contributed by atoms with E-state index in [0.29, 0.717) is 5.56 Å². The van der Waals surface area contributed by atoms with Gasteiger partial charge in [0.05, 0.1) is 19.4 Å². The quantitative estimate of drug-likeness (QED) is 0.0557. The monoisotopic (exact) mass is 709 g/mol. The normalized spacial score (nSPS) is 22.7. The molecule has 48 heavy (non-hydrogen) atoms. The Labute approximate surface area is 285 Å². The molecule has 0 spiro atoms. The van der Waals surface area contributed by atoms with Gasteiger partial charge in [-0.1, -0.05) is 51.9 Å². The van der Waals surface area contributed by atoms with E-state index in [9.17, 15) is 38.7 Å². The van der Waals surface area contributed by atoms with Crippen molar-refractivity contribution in [1.82, 2.24) is 26.2 Å². The highest BCUT2D eigenvalue weighted by Gasteiger charge is 2.39. The van der Waals surface area contributed by atoms with Crippen LogP contribution in [-0.4, -0.2) is 112 Å². The molecular formula is C29H43N9O8S2. The molecule has 0 unspecified atom stereocenters. The van der Waals surface area contributed by atoms with E-state index in [2.05, 4.69) is 26.3 Å². The number of aliphatic imine (C=N–C) groups is 1. The summed E-state index contributed by atoms with van der Waals surface area (Å²) in [5.41, 5.74) is 17.1. The van der Waals surface area contributed by atoms with Crippen molar-refractivity contribution < 1.29 is 38.7 Å². The van der Waals surface area contributed by atoms with Gasteiger partial charge in [-0.2, -0.15) is 0 Å². The number of carboxylic acids is 1. The molecule has 1 aromatic carbocycles. The number of carbonyl (C=O) groups excluding carboxylic acids is 6. The summed E-state index contributed by atoms with van der Waals surface area (Å²) in [5.74, 6) is -6.23. The van der Waals surface area contributed by atoms with Gasteiger partial charge in [-0.05, 0) is 32.3 Å². The molecule has 17 nitrogen and oxygen atoms in total. The lowest BCUT2D eigenvalue weighted by Gasteiger charge is -2.33. The summed E-state index contributed by atoms with van der Waals surface area (Å²) in [6, 6.07) is 3.62. The average Bonchev–Trinajstić information content (AvgIpc) is 3.00. The number of benzene rings is 1. The van der Waals surface area contributed by atoms with Gasteiger partial charge in [-0.3, -0.25) is 38.6 Å². The van der Waals surface area contributed by atoms with Crippen LogP contribution in [0.25, 0.3) is 0 Å². The first-order chi connectivity index (χ1) is 22.5. The average molecular weight is 710 g/mol. The van der Waals surface area contributed by atoms with Crippen molar-refractivity contribution >= 4 is 69.0 Å². The van der Waals surface area contributed by atoms with Gasteiger partial charge in [-0.25, -0.2) is 0 Å². The van der Waals surface area contributed by atoms with Crippen LogP contribution in [0.5, 0.6) is 0 Å². The summed E-state index contributed by atoms with van der Waals surface area (Å²) in [7, 11) is 3.58. The molecule has 6 amide bonds. The largest absolute Gasteiger partial charge is 0.481 e. The second-order valence-corrected chi connectivity index (χ2v) is 14.4. The maximum atomic E-state index is 13.9. The van der Waals surface area contributed by atoms with E-state index in [0.717, 1.165) is 26.5 Å². The number of hydrogen-bond donors (Lipinski definition) is 8. The molecule has 1 heterocycles. The van der Waals surface area contributed by atoms with Gasteiger partial charge in [0.1, 0.15) is 24.2 Å². The van der Waals surface area contributed by atoms with Crippen LogP contribution in [0.1, 0.15) is 38.7 Å². The zero-order valence-electron chi connectivity index (χ0n) is 26.9. The molecule has 2 rings (SSSR count). The fraction of sp³-hybridized carbons (Fsp3) is 0.517. The predicted molar refractivity (Wildman–Crippen MR) is 181 cm³/mol. The van der Waals surface area contributed by atoms with Gasteiger partial charge < -0.3 is 48.5 Å². The van der Waals surface area contributed by atoms with Crippen LogP contribution >= 0.6 is 21.6 Å². The summed E-state index contributed by atoms with van der Waals surface area (Å²) in [6.45, 7) is 2.67. The Balaban J connectivity index is 2.48. The van der Waals surface area contributed by atoms with Gasteiger partial charge in [0, 0.05) is 24.1 Å². The van der Waals surface area contributed by atoms with Gasteiger partial charge in [-0.15, -0.1) is 0 Å². The fourth-order valence-corrected chi connectivity index (χ4v) is 7.46. The van der Waals surface area contributed by atoms with Crippen molar-refractivity contribution in [2.75, 3.05) is 25.9 Å². The minimum absolute atomic E-state index is 0.0253. The van der Waals surface area contributed by atoms with E-state index in [1.807, 2.05) is 0 Å². The number of primary amides is 1. The lowest BCUT2D eigenvalue weighted by molar-refractivity contribution is -0.142. The van der Waals surface area contributed by atoms with E-state index in [4.69, 9.17) is 17.2 Å². The third-order valence-electron chi connectivity index (χ3n) is 7.12. The number of carbonyl (C=O) groups is 7. The third kappa shape index (κ3) is 12.9. The molecule has 1 saturated heterocycles. The van der Waals surface area contributed by atoms with Crippen LogP contribution in [0.15, 0.2) is 35.3 Å². The number of carboxylic acid groups (broad SMARTS) is 1. The van der Waals surface area contributed by atoms with Crippen LogP contribution in [0.3, 0.4) is 0 Å². The number of amides is 6. The first kappa shape index (κ1) is 39.7. The van der Waals surface area contributed by atoms with E-state index in [1.165, 1.54) is 7.05 Å². The molecule has 1 aliphatic heterocycles. The van der Waals surface area contributed by atoms with E-state index >= 15 is 0 Å². The van der Waals surface area contributed by atoms with Crippen molar-refractivity contribution in [2.24, 2.45) is 22.2 Å². The predicted octanol–water partition coefficient (Wildman–Crippen LogP) is -2.19. The second kappa shape index (κ2) is 18.7. The Morgan fingerprint density at radius 3 is 2.33 bits per heavy atom. The summed E-state index contributed by atoms with van der Waals surface area (Å²) in [5, 5.41) is 19.2. The van der Waals surface area contributed by atoms with E-state index in [1.54, 1.807) is 44.2 Å². The van der Waals surface area contributed by atoms with Crippen molar-refractivity contribution in [3.8, 4) is 0 Å². The van der Waals surface area contributed by atoms with Crippen molar-refractivity contribution in [3.05, 3.63) is 35.9 Å². The summed E-state index contributed by atoms with van der Waals surface area (Å²) in [4.78, 5) is 95.4. The zero-order chi connectivity index (χ0) is 36.0. The highest BCUT2D eigenvalue weighted by Crippen LogP contribution is 2.38. The second-order valence-electron chi connectivity index (χ2n) is 11.4. The molecule has 0 saturated carbocycles. The number of likely N-dealkylation sites (N-methyl/N-ethyl adjacent to an activating group) is 1. The summed E-state index contributed by atoms with van der Waals surface area (Å²) in [6.07, 6.45) is -0.522. The topological polar surface area (TPSA) is 282 Å². The van der Waals surface area contributed by atoms with Crippen molar-refractivity contribution in [3.63, 3.8) is 0 Å². The van der Waals surface area contributed by atoms with E-state index < -0.39 is 83.3 Å². The highest BCUT2D eigenvalue weighted by atomic mass is 33.1. The lowest BCUT2D eigenvalue weighted by Crippen LogP contribution is -2.59. The number of rotatable bonds is 10. The van der Waals surface area contributed by atoms with Crippen LogP contribution < -0.4 is 38.5 Å². The SMILES string of the molecule is CN1C(=O)[C@@H](NC(=O)Cc2ccccc2)CSSC(C)(C)[C@@H](C(N)=O)NC(=O)[C@H](CC(=O)O)NC(=O)CNC(=O)[C@@H]1CCCN=C(N)N. The minimum Gasteiger partial charge on any atom is -0.481 e. The molecule has 264 valence electrons. The van der Waals surface area contributed by atoms with Crippen molar-refractivity contribution in [2.45, 2.75) is 68.4 Å². The number of nitrogens with one attached hydrogen (secondary N) is 4. The first-order valence-corrected chi connectivity index (χ1v) is 17.2. The molecule has 0 aromatic heterocycles. The third-order valence-corrected chi connectivity index (χ3v) is 10.4. The van der Waals surface area contributed by atoms with Gasteiger partial charge >= 0.3 is 5.97 Å². The number of guanidine groups is 1. The smallest absolute Gasteiger partial charge is 0.305 e. The van der Waals surface area contributed by atoms with E-state index in [-0.39, 0.29) is 37.5 Å².